The van der Waals surface area contributed by atoms with Gasteiger partial charge >= 0.3 is 5.97 Å². The van der Waals surface area contributed by atoms with E-state index in [-0.39, 0.29) is 12.6 Å². The normalized spacial score (nSPS) is 22.2. The number of hydrogen-bond donors (Lipinski definition) is 4. The molecular weight excluding hydrogens is 148 g/mol. The highest BCUT2D eigenvalue weighted by molar-refractivity contribution is 5.68. The summed E-state index contributed by atoms with van der Waals surface area (Å²) in [5, 5.41) is 19.3. The average molecular weight is 162 g/mol. The second-order valence-electron chi connectivity index (χ2n) is 2.24. The van der Waals surface area contributed by atoms with Gasteiger partial charge in [0.15, 0.2) is 0 Å². The molecule has 1 saturated heterocycles. The summed E-state index contributed by atoms with van der Waals surface area (Å²) in [6, 6.07) is 0. The number of aliphatic hydroxyl groups is 1. The minimum Gasteiger partial charge on any atom is -0.480 e. The van der Waals surface area contributed by atoms with Crippen molar-refractivity contribution in [2.24, 2.45) is 5.73 Å². The SMILES string of the molecule is NCC(=O)O.OC1CCNC1. The molecule has 1 fully saturated rings. The van der Waals surface area contributed by atoms with E-state index in [2.05, 4.69) is 11.1 Å². The van der Waals surface area contributed by atoms with Gasteiger partial charge in [0.05, 0.1) is 12.6 Å². The zero-order chi connectivity index (χ0) is 8.69. The average Bonchev–Trinajstić information content (AvgIpc) is 2.41. The molecule has 0 spiro atoms. The molecule has 0 aromatic rings. The first-order valence-corrected chi connectivity index (χ1v) is 3.47. The lowest BCUT2D eigenvalue weighted by molar-refractivity contribution is -0.135. The summed E-state index contributed by atoms with van der Waals surface area (Å²) >= 11 is 0. The summed E-state index contributed by atoms with van der Waals surface area (Å²) in [5.74, 6) is -0.968. The van der Waals surface area contributed by atoms with Crippen molar-refractivity contribution in [1.82, 2.24) is 5.32 Å². The van der Waals surface area contributed by atoms with Crippen LogP contribution >= 0.6 is 0 Å². The van der Waals surface area contributed by atoms with Crippen LogP contribution in [0.4, 0.5) is 0 Å². The number of carbonyl (C=O) groups is 1. The Morgan fingerprint density at radius 3 is 2.36 bits per heavy atom. The molecule has 0 radical (unpaired) electrons. The third-order valence-corrected chi connectivity index (χ3v) is 1.21. The topological polar surface area (TPSA) is 95.6 Å². The minimum atomic E-state index is -0.968. The van der Waals surface area contributed by atoms with Crippen molar-refractivity contribution >= 4 is 5.97 Å². The van der Waals surface area contributed by atoms with E-state index < -0.39 is 5.97 Å². The molecule has 0 amide bonds. The fraction of sp³-hybridized carbons (Fsp3) is 0.833. The van der Waals surface area contributed by atoms with Crippen molar-refractivity contribution in [2.75, 3.05) is 19.6 Å². The van der Waals surface area contributed by atoms with Gasteiger partial charge in [0.1, 0.15) is 0 Å². The predicted molar refractivity (Wildman–Crippen MR) is 40.2 cm³/mol. The van der Waals surface area contributed by atoms with Gasteiger partial charge in [-0.25, -0.2) is 0 Å². The lowest BCUT2D eigenvalue weighted by Crippen LogP contribution is -2.11. The van der Waals surface area contributed by atoms with E-state index in [4.69, 9.17) is 10.2 Å². The maximum atomic E-state index is 9.24. The molecule has 0 saturated carbocycles. The lowest BCUT2D eigenvalue weighted by Gasteiger charge is -1.90. The van der Waals surface area contributed by atoms with Gasteiger partial charge in [0.2, 0.25) is 0 Å². The summed E-state index contributed by atoms with van der Waals surface area (Å²) in [5.41, 5.74) is 4.57. The van der Waals surface area contributed by atoms with Crippen molar-refractivity contribution in [3.63, 3.8) is 0 Å². The molecule has 11 heavy (non-hydrogen) atoms. The number of nitrogens with two attached hydrogens (primary N) is 1. The smallest absolute Gasteiger partial charge is 0.317 e. The van der Waals surface area contributed by atoms with Crippen LogP contribution in [0.15, 0.2) is 0 Å². The van der Waals surface area contributed by atoms with E-state index in [0.29, 0.717) is 0 Å². The molecule has 0 bridgehead atoms. The van der Waals surface area contributed by atoms with E-state index in [1.807, 2.05) is 0 Å². The van der Waals surface area contributed by atoms with Crippen LogP contribution in [-0.2, 0) is 4.79 Å². The zero-order valence-electron chi connectivity index (χ0n) is 6.29. The first-order valence-electron chi connectivity index (χ1n) is 3.47. The molecule has 1 heterocycles. The Morgan fingerprint density at radius 2 is 2.27 bits per heavy atom. The summed E-state index contributed by atoms with van der Waals surface area (Å²) in [6.45, 7) is 1.50. The number of carboxylic acid groups (broad SMARTS) is 1. The van der Waals surface area contributed by atoms with Gasteiger partial charge in [0.25, 0.3) is 0 Å². The Labute approximate surface area is 65.2 Å². The predicted octanol–water partition coefficient (Wildman–Crippen LogP) is -1.63. The van der Waals surface area contributed by atoms with Gasteiger partial charge in [-0.05, 0) is 13.0 Å². The molecule has 0 aliphatic carbocycles. The number of nitrogens with one attached hydrogen (secondary N) is 1. The van der Waals surface area contributed by atoms with Crippen molar-refractivity contribution in [3.05, 3.63) is 0 Å². The van der Waals surface area contributed by atoms with Crippen molar-refractivity contribution in [2.45, 2.75) is 12.5 Å². The van der Waals surface area contributed by atoms with Crippen LogP contribution in [0, 0.1) is 0 Å². The Bertz CT molecular complexity index is 112. The van der Waals surface area contributed by atoms with E-state index >= 15 is 0 Å². The number of β-amino-alcohol motifs (C(OH)–C–C–N with tert-alkyl or cyclic N) is 1. The van der Waals surface area contributed by atoms with Gasteiger partial charge < -0.3 is 21.3 Å². The van der Waals surface area contributed by atoms with Crippen LogP contribution < -0.4 is 11.1 Å². The summed E-state index contributed by atoms with van der Waals surface area (Å²) in [4.78, 5) is 9.24. The Kier molecular flexibility index (Phi) is 5.73. The van der Waals surface area contributed by atoms with Crippen LogP contribution in [-0.4, -0.2) is 41.9 Å². The van der Waals surface area contributed by atoms with E-state index in [0.717, 1.165) is 19.5 Å². The molecular formula is C6H14N2O3. The molecule has 5 heteroatoms. The van der Waals surface area contributed by atoms with Crippen molar-refractivity contribution in [1.29, 1.82) is 0 Å². The van der Waals surface area contributed by atoms with Gasteiger partial charge in [-0.15, -0.1) is 0 Å². The molecule has 0 aromatic heterocycles. The maximum absolute atomic E-state index is 9.24. The molecule has 66 valence electrons. The Morgan fingerprint density at radius 1 is 1.73 bits per heavy atom. The quantitative estimate of drug-likeness (QED) is 0.371. The third kappa shape index (κ3) is 7.24. The Hall–Kier alpha value is -0.650. The van der Waals surface area contributed by atoms with Crippen LogP contribution in [0.2, 0.25) is 0 Å². The number of aliphatic hydroxyl groups excluding tert-OH is 1. The highest BCUT2D eigenvalue weighted by Crippen LogP contribution is 1.93. The summed E-state index contributed by atoms with van der Waals surface area (Å²) < 4.78 is 0. The lowest BCUT2D eigenvalue weighted by atomic mass is 10.3. The maximum Gasteiger partial charge on any atom is 0.317 e. The molecule has 0 aromatic carbocycles. The molecule has 1 rings (SSSR count). The van der Waals surface area contributed by atoms with E-state index in [9.17, 15) is 4.79 Å². The molecule has 5 nitrogen and oxygen atoms in total. The zero-order valence-corrected chi connectivity index (χ0v) is 6.29. The fourth-order valence-corrected chi connectivity index (χ4v) is 0.639. The molecule has 1 aliphatic rings. The minimum absolute atomic E-state index is 0.0648. The van der Waals surface area contributed by atoms with Gasteiger partial charge in [-0.3, -0.25) is 4.79 Å². The van der Waals surface area contributed by atoms with Crippen LogP contribution in [0.1, 0.15) is 6.42 Å². The summed E-state index contributed by atoms with van der Waals surface area (Å²) in [7, 11) is 0. The second kappa shape index (κ2) is 6.09. The first-order chi connectivity index (χ1) is 5.16. The van der Waals surface area contributed by atoms with E-state index in [1.54, 1.807) is 0 Å². The highest BCUT2D eigenvalue weighted by Gasteiger charge is 2.08. The highest BCUT2D eigenvalue weighted by atomic mass is 16.4. The second-order valence-corrected chi connectivity index (χ2v) is 2.24. The largest absolute Gasteiger partial charge is 0.480 e. The van der Waals surface area contributed by atoms with Crippen molar-refractivity contribution < 1.29 is 15.0 Å². The first kappa shape index (κ1) is 10.3. The van der Waals surface area contributed by atoms with Gasteiger partial charge in [-0.1, -0.05) is 0 Å². The molecule has 5 N–H and O–H groups in total. The van der Waals surface area contributed by atoms with E-state index in [1.165, 1.54) is 0 Å². The number of hydrogen-bond acceptors (Lipinski definition) is 4. The van der Waals surface area contributed by atoms with Crippen LogP contribution in [0.5, 0.6) is 0 Å². The molecule has 1 aliphatic heterocycles. The Balaban J connectivity index is 0.000000187. The standard InChI is InChI=1S/C4H9NO.C2H5NO2/c6-4-1-2-5-3-4;3-1-2(4)5/h4-6H,1-3H2;1,3H2,(H,4,5). The monoisotopic (exact) mass is 162 g/mol. The van der Waals surface area contributed by atoms with Crippen LogP contribution in [0.3, 0.4) is 0 Å². The number of rotatable bonds is 1. The number of carboxylic acids is 1. The van der Waals surface area contributed by atoms with Gasteiger partial charge in [-0.2, -0.15) is 0 Å². The van der Waals surface area contributed by atoms with Crippen molar-refractivity contribution in [3.8, 4) is 0 Å². The molecule has 1 unspecified atom stereocenters. The van der Waals surface area contributed by atoms with Crippen LogP contribution in [0.25, 0.3) is 0 Å². The fourth-order valence-electron chi connectivity index (χ4n) is 0.639. The molecule has 1 atom stereocenters. The van der Waals surface area contributed by atoms with Gasteiger partial charge in [0, 0.05) is 6.54 Å². The summed E-state index contributed by atoms with van der Waals surface area (Å²) in [6.07, 6.45) is 0.866. The third-order valence-electron chi connectivity index (χ3n) is 1.21. The number of aliphatic carboxylic acids is 1.